The minimum Gasteiger partial charge on any atom is -0.370 e. The van der Waals surface area contributed by atoms with Crippen LogP contribution in [0.3, 0.4) is 0 Å². The van der Waals surface area contributed by atoms with E-state index < -0.39 is 15.8 Å². The highest BCUT2D eigenvalue weighted by Gasteiger charge is 2.24. The van der Waals surface area contributed by atoms with Gasteiger partial charge in [0.1, 0.15) is 5.82 Å². The molecule has 0 aliphatic carbocycles. The summed E-state index contributed by atoms with van der Waals surface area (Å²) in [5, 5.41) is 2.67. The van der Waals surface area contributed by atoms with E-state index in [2.05, 4.69) is 14.9 Å². The van der Waals surface area contributed by atoms with E-state index in [1.807, 2.05) is 0 Å². The zero-order valence-corrected chi connectivity index (χ0v) is 15.5. The van der Waals surface area contributed by atoms with Crippen LogP contribution in [0.4, 0.5) is 21.5 Å². The number of piperidine rings is 1. The molecule has 1 saturated heterocycles. The van der Waals surface area contributed by atoms with Crippen molar-refractivity contribution in [3.8, 4) is 0 Å². The maximum absolute atomic E-state index is 13.8. The quantitative estimate of drug-likeness (QED) is 0.842. The van der Waals surface area contributed by atoms with Gasteiger partial charge in [-0.1, -0.05) is 0 Å². The molecule has 2 aliphatic rings. The van der Waals surface area contributed by atoms with E-state index in [9.17, 15) is 17.6 Å². The van der Waals surface area contributed by atoms with Crippen molar-refractivity contribution < 1.29 is 17.6 Å². The molecule has 142 valence electrons. The lowest BCUT2D eigenvalue weighted by atomic mass is 10.1. The standard InChI is InChI=1S/C19H20FN3O3S/c20-14-4-7-18(23-8-2-1-3-9-23)17(12-14)22-27(25,26)15-5-6-16-13(10-15)11-19(24)21-16/h4-7,10,12,22H,1-3,8-9,11H2,(H,21,24). The number of hydrogen-bond acceptors (Lipinski definition) is 4. The van der Waals surface area contributed by atoms with Gasteiger partial charge in [0.15, 0.2) is 0 Å². The highest BCUT2D eigenvalue weighted by Crippen LogP contribution is 2.32. The van der Waals surface area contributed by atoms with Crippen molar-refractivity contribution in [2.45, 2.75) is 30.6 Å². The Morgan fingerprint density at radius 2 is 1.81 bits per heavy atom. The fraction of sp³-hybridized carbons (Fsp3) is 0.316. The summed E-state index contributed by atoms with van der Waals surface area (Å²) >= 11 is 0. The van der Waals surface area contributed by atoms with E-state index >= 15 is 0 Å². The Labute approximate surface area is 157 Å². The molecule has 2 aromatic carbocycles. The molecule has 27 heavy (non-hydrogen) atoms. The minimum absolute atomic E-state index is 0.0478. The molecule has 2 heterocycles. The molecule has 0 unspecified atom stereocenters. The van der Waals surface area contributed by atoms with Gasteiger partial charge in [-0.05, 0) is 55.2 Å². The van der Waals surface area contributed by atoms with Crippen molar-refractivity contribution in [3.63, 3.8) is 0 Å². The molecule has 0 bridgehead atoms. The Hall–Kier alpha value is -2.61. The lowest BCUT2D eigenvalue weighted by molar-refractivity contribution is -0.115. The van der Waals surface area contributed by atoms with Crippen LogP contribution in [0.15, 0.2) is 41.3 Å². The van der Waals surface area contributed by atoms with Crippen LogP contribution in [0.1, 0.15) is 24.8 Å². The molecule has 0 radical (unpaired) electrons. The number of carbonyl (C=O) groups excluding carboxylic acids is 1. The maximum atomic E-state index is 13.8. The van der Waals surface area contributed by atoms with Crippen LogP contribution in [-0.2, 0) is 21.2 Å². The van der Waals surface area contributed by atoms with Gasteiger partial charge in [-0.25, -0.2) is 12.8 Å². The van der Waals surface area contributed by atoms with Crippen LogP contribution in [-0.4, -0.2) is 27.4 Å². The van der Waals surface area contributed by atoms with E-state index in [1.165, 1.54) is 24.3 Å². The van der Waals surface area contributed by atoms with Gasteiger partial charge in [-0.15, -0.1) is 0 Å². The monoisotopic (exact) mass is 389 g/mol. The minimum atomic E-state index is -3.91. The number of benzene rings is 2. The topological polar surface area (TPSA) is 78.5 Å². The molecular weight excluding hydrogens is 369 g/mol. The lowest BCUT2D eigenvalue weighted by Crippen LogP contribution is -2.30. The predicted octanol–water partition coefficient (Wildman–Crippen LogP) is 3.11. The molecule has 1 fully saturated rings. The molecule has 2 aromatic rings. The maximum Gasteiger partial charge on any atom is 0.261 e. The predicted molar refractivity (Wildman–Crippen MR) is 102 cm³/mol. The van der Waals surface area contributed by atoms with Gasteiger partial charge in [-0.2, -0.15) is 0 Å². The molecule has 0 saturated carbocycles. The fourth-order valence-corrected chi connectivity index (χ4v) is 4.69. The summed E-state index contributed by atoms with van der Waals surface area (Å²) in [6.07, 6.45) is 3.34. The average molecular weight is 389 g/mol. The number of rotatable bonds is 4. The van der Waals surface area contributed by atoms with Crippen LogP contribution in [0, 0.1) is 5.82 Å². The zero-order chi connectivity index (χ0) is 19.0. The van der Waals surface area contributed by atoms with Crippen molar-refractivity contribution >= 4 is 33.0 Å². The van der Waals surface area contributed by atoms with E-state index in [-0.39, 0.29) is 22.9 Å². The van der Waals surface area contributed by atoms with Gasteiger partial charge in [-0.3, -0.25) is 9.52 Å². The molecule has 2 aliphatic heterocycles. The largest absolute Gasteiger partial charge is 0.370 e. The van der Waals surface area contributed by atoms with Crippen LogP contribution in [0.25, 0.3) is 0 Å². The summed E-state index contributed by atoms with van der Waals surface area (Å²) in [6, 6.07) is 8.66. The molecule has 1 amide bonds. The smallest absolute Gasteiger partial charge is 0.261 e. The van der Waals surface area contributed by atoms with Crippen LogP contribution >= 0.6 is 0 Å². The van der Waals surface area contributed by atoms with Crippen LogP contribution in [0.5, 0.6) is 0 Å². The Morgan fingerprint density at radius 1 is 1.04 bits per heavy atom. The first kappa shape index (κ1) is 17.8. The van der Waals surface area contributed by atoms with Gasteiger partial charge in [0.25, 0.3) is 10.0 Å². The van der Waals surface area contributed by atoms with Crippen molar-refractivity contribution in [2.75, 3.05) is 28.0 Å². The summed E-state index contributed by atoms with van der Waals surface area (Å²) in [7, 11) is -3.91. The van der Waals surface area contributed by atoms with Crippen molar-refractivity contribution in [3.05, 3.63) is 47.8 Å². The first-order valence-electron chi connectivity index (χ1n) is 8.92. The number of sulfonamides is 1. The molecule has 4 rings (SSSR count). The first-order chi connectivity index (χ1) is 12.9. The lowest BCUT2D eigenvalue weighted by Gasteiger charge is -2.30. The number of amides is 1. The highest BCUT2D eigenvalue weighted by atomic mass is 32.2. The summed E-state index contributed by atoms with van der Waals surface area (Å²) in [6.45, 7) is 1.62. The Morgan fingerprint density at radius 3 is 2.59 bits per heavy atom. The summed E-state index contributed by atoms with van der Waals surface area (Å²) < 4.78 is 42.1. The van der Waals surface area contributed by atoms with Crippen molar-refractivity contribution in [1.82, 2.24) is 0 Å². The Bertz CT molecular complexity index is 1000. The summed E-state index contributed by atoms with van der Waals surface area (Å²) in [5.41, 5.74) is 2.17. The van der Waals surface area contributed by atoms with E-state index in [4.69, 9.17) is 0 Å². The SMILES string of the molecule is O=C1Cc2cc(S(=O)(=O)Nc3cc(F)ccc3N3CCCCC3)ccc2N1. The normalized spacial score (nSPS) is 16.8. The van der Waals surface area contributed by atoms with Crippen molar-refractivity contribution in [2.24, 2.45) is 0 Å². The van der Waals surface area contributed by atoms with Crippen LogP contribution in [0.2, 0.25) is 0 Å². The molecule has 8 heteroatoms. The van der Waals surface area contributed by atoms with Gasteiger partial charge in [0.2, 0.25) is 5.91 Å². The van der Waals surface area contributed by atoms with E-state index in [0.29, 0.717) is 16.9 Å². The second kappa shape index (κ2) is 6.84. The summed E-state index contributed by atoms with van der Waals surface area (Å²) in [4.78, 5) is 13.6. The molecule has 6 nitrogen and oxygen atoms in total. The number of carbonyl (C=O) groups is 1. The van der Waals surface area contributed by atoms with E-state index in [0.717, 1.165) is 32.4 Å². The Balaban J connectivity index is 1.66. The third-order valence-electron chi connectivity index (χ3n) is 4.91. The number of hydrogen-bond donors (Lipinski definition) is 2. The molecule has 2 N–H and O–H groups in total. The Kier molecular flexibility index (Phi) is 4.51. The highest BCUT2D eigenvalue weighted by molar-refractivity contribution is 7.92. The van der Waals surface area contributed by atoms with E-state index in [1.54, 1.807) is 12.1 Å². The number of anilines is 3. The van der Waals surface area contributed by atoms with Gasteiger partial charge < -0.3 is 10.2 Å². The summed E-state index contributed by atoms with van der Waals surface area (Å²) in [5.74, 6) is -0.665. The average Bonchev–Trinajstić information content (AvgIpc) is 3.01. The third kappa shape index (κ3) is 3.62. The fourth-order valence-electron chi connectivity index (χ4n) is 3.58. The van der Waals surface area contributed by atoms with Gasteiger partial charge in [0.05, 0.1) is 22.7 Å². The van der Waals surface area contributed by atoms with Gasteiger partial charge in [0, 0.05) is 24.8 Å². The second-order valence-electron chi connectivity index (χ2n) is 6.86. The molecule has 0 spiro atoms. The number of nitrogens with one attached hydrogen (secondary N) is 2. The zero-order valence-electron chi connectivity index (χ0n) is 14.7. The molecular formula is C19H20FN3O3S. The number of nitrogens with zero attached hydrogens (tertiary/aromatic N) is 1. The van der Waals surface area contributed by atoms with Crippen molar-refractivity contribution in [1.29, 1.82) is 0 Å². The second-order valence-corrected chi connectivity index (χ2v) is 8.54. The first-order valence-corrected chi connectivity index (χ1v) is 10.4. The third-order valence-corrected chi connectivity index (χ3v) is 6.27. The molecule has 0 atom stereocenters. The van der Waals surface area contributed by atoms with Crippen LogP contribution < -0.4 is 14.9 Å². The number of fused-ring (bicyclic) bond motifs is 1. The van der Waals surface area contributed by atoms with Gasteiger partial charge >= 0.3 is 0 Å². The molecule has 0 aromatic heterocycles. The number of halogens is 1.